The summed E-state index contributed by atoms with van der Waals surface area (Å²) < 4.78 is 13.3. The summed E-state index contributed by atoms with van der Waals surface area (Å²) in [6.45, 7) is 4.49. The lowest BCUT2D eigenvalue weighted by molar-refractivity contribution is 0.135. The zero-order valence-electron chi connectivity index (χ0n) is 16.2. The van der Waals surface area contributed by atoms with Crippen LogP contribution in [-0.4, -0.2) is 48.6 Å². The fourth-order valence-electron chi connectivity index (χ4n) is 4.39. The molecule has 4 nitrogen and oxygen atoms in total. The van der Waals surface area contributed by atoms with Gasteiger partial charge in [-0.3, -0.25) is 4.90 Å². The Balaban J connectivity index is 1.25. The van der Waals surface area contributed by atoms with Gasteiger partial charge < -0.3 is 10.2 Å². The highest BCUT2D eigenvalue weighted by molar-refractivity contribution is 5.74. The van der Waals surface area contributed by atoms with Gasteiger partial charge in [0.1, 0.15) is 5.82 Å². The van der Waals surface area contributed by atoms with Crippen LogP contribution in [0.2, 0.25) is 0 Å². The van der Waals surface area contributed by atoms with Crippen LogP contribution in [0.25, 0.3) is 0 Å². The van der Waals surface area contributed by atoms with Gasteiger partial charge in [-0.25, -0.2) is 9.18 Å². The van der Waals surface area contributed by atoms with Gasteiger partial charge in [-0.05, 0) is 48.1 Å². The van der Waals surface area contributed by atoms with E-state index in [-0.39, 0.29) is 11.8 Å². The number of carbonyl (C=O) groups is 1. The van der Waals surface area contributed by atoms with Crippen molar-refractivity contribution in [1.29, 1.82) is 0 Å². The van der Waals surface area contributed by atoms with Crippen molar-refractivity contribution in [3.8, 4) is 0 Å². The molecule has 0 radical (unpaired) electrons. The molecular weight excluding hydrogens is 353 g/mol. The summed E-state index contributed by atoms with van der Waals surface area (Å²) in [5.41, 5.74) is 3.81. The van der Waals surface area contributed by atoms with Gasteiger partial charge in [-0.15, -0.1) is 0 Å². The summed E-state index contributed by atoms with van der Waals surface area (Å²) in [7, 11) is 0. The van der Waals surface area contributed by atoms with Gasteiger partial charge in [0.2, 0.25) is 0 Å². The summed E-state index contributed by atoms with van der Waals surface area (Å²) >= 11 is 0. The third-order valence-electron chi connectivity index (χ3n) is 5.95. The summed E-state index contributed by atoms with van der Waals surface area (Å²) in [6.07, 6.45) is 3.48. The van der Waals surface area contributed by atoms with Crippen molar-refractivity contribution in [2.45, 2.75) is 31.7 Å². The van der Waals surface area contributed by atoms with E-state index in [2.05, 4.69) is 34.5 Å². The maximum Gasteiger partial charge on any atom is 0.317 e. The summed E-state index contributed by atoms with van der Waals surface area (Å²) in [5.74, 6) is 0.225. The molecule has 2 amide bonds. The number of rotatable bonds is 4. The quantitative estimate of drug-likeness (QED) is 0.875. The molecule has 0 bridgehead atoms. The summed E-state index contributed by atoms with van der Waals surface area (Å²) in [5, 5.41) is 3.15. The second-order valence-corrected chi connectivity index (χ2v) is 7.87. The molecule has 2 aliphatic rings. The van der Waals surface area contributed by atoms with Gasteiger partial charge in [0, 0.05) is 45.2 Å². The van der Waals surface area contributed by atoms with E-state index >= 15 is 0 Å². The van der Waals surface area contributed by atoms with Crippen LogP contribution in [0.1, 0.15) is 35.4 Å². The molecule has 1 unspecified atom stereocenters. The molecule has 0 spiro atoms. The molecule has 1 heterocycles. The van der Waals surface area contributed by atoms with Crippen LogP contribution in [0.15, 0.2) is 48.5 Å². The number of hydrogen-bond donors (Lipinski definition) is 1. The molecule has 1 N–H and O–H groups in total. The molecule has 1 fully saturated rings. The zero-order chi connectivity index (χ0) is 19.3. The van der Waals surface area contributed by atoms with Crippen LogP contribution in [0.3, 0.4) is 0 Å². The SMILES string of the molecule is O=C(NCC1CCCc2ccccc21)N1CCN(Cc2cccc(F)c2)CC1. The summed E-state index contributed by atoms with van der Waals surface area (Å²) in [4.78, 5) is 16.8. The number of piperazine rings is 1. The maximum absolute atomic E-state index is 13.3. The minimum atomic E-state index is -0.195. The Morgan fingerprint density at radius 2 is 1.89 bits per heavy atom. The molecule has 0 saturated carbocycles. The second-order valence-electron chi connectivity index (χ2n) is 7.87. The van der Waals surface area contributed by atoms with E-state index in [0.717, 1.165) is 38.0 Å². The van der Waals surface area contributed by atoms with E-state index in [1.165, 1.54) is 23.6 Å². The van der Waals surface area contributed by atoms with Gasteiger partial charge in [-0.2, -0.15) is 0 Å². The molecule has 5 heteroatoms. The highest BCUT2D eigenvalue weighted by Gasteiger charge is 2.24. The first-order chi connectivity index (χ1) is 13.7. The normalized spacial score (nSPS) is 19.9. The predicted molar refractivity (Wildman–Crippen MR) is 109 cm³/mol. The molecule has 4 rings (SSSR count). The van der Waals surface area contributed by atoms with Crippen LogP contribution in [0, 0.1) is 5.82 Å². The van der Waals surface area contributed by atoms with Gasteiger partial charge in [0.25, 0.3) is 0 Å². The van der Waals surface area contributed by atoms with Crippen molar-refractivity contribution >= 4 is 6.03 Å². The lowest BCUT2D eigenvalue weighted by atomic mass is 9.83. The topological polar surface area (TPSA) is 35.6 Å². The van der Waals surface area contributed by atoms with E-state index < -0.39 is 0 Å². The van der Waals surface area contributed by atoms with E-state index in [1.54, 1.807) is 12.1 Å². The number of aryl methyl sites for hydroxylation is 1. The van der Waals surface area contributed by atoms with Crippen molar-refractivity contribution in [3.05, 3.63) is 71.0 Å². The Morgan fingerprint density at radius 1 is 1.07 bits per heavy atom. The maximum atomic E-state index is 13.3. The number of carbonyl (C=O) groups excluding carboxylic acids is 1. The van der Waals surface area contributed by atoms with Gasteiger partial charge in [-0.1, -0.05) is 36.4 Å². The van der Waals surface area contributed by atoms with Crippen LogP contribution < -0.4 is 5.32 Å². The monoisotopic (exact) mass is 381 g/mol. The number of nitrogens with one attached hydrogen (secondary N) is 1. The van der Waals surface area contributed by atoms with Gasteiger partial charge in [0.15, 0.2) is 0 Å². The lowest BCUT2D eigenvalue weighted by Crippen LogP contribution is -2.52. The zero-order valence-corrected chi connectivity index (χ0v) is 16.2. The van der Waals surface area contributed by atoms with Gasteiger partial charge >= 0.3 is 6.03 Å². The number of fused-ring (bicyclic) bond motifs is 1. The number of hydrogen-bond acceptors (Lipinski definition) is 2. The lowest BCUT2D eigenvalue weighted by Gasteiger charge is -2.35. The summed E-state index contributed by atoms with van der Waals surface area (Å²) in [6, 6.07) is 15.4. The average molecular weight is 381 g/mol. The Morgan fingerprint density at radius 3 is 2.71 bits per heavy atom. The molecule has 148 valence electrons. The van der Waals surface area contributed by atoms with Crippen LogP contribution in [-0.2, 0) is 13.0 Å². The highest BCUT2D eigenvalue weighted by atomic mass is 19.1. The van der Waals surface area contributed by atoms with Crippen molar-refractivity contribution in [2.24, 2.45) is 0 Å². The Hall–Kier alpha value is -2.40. The first-order valence-corrected chi connectivity index (χ1v) is 10.3. The van der Waals surface area contributed by atoms with Crippen LogP contribution in [0.4, 0.5) is 9.18 Å². The van der Waals surface area contributed by atoms with Crippen molar-refractivity contribution in [1.82, 2.24) is 15.1 Å². The Kier molecular flexibility index (Phi) is 5.91. The number of amides is 2. The van der Waals surface area contributed by atoms with Gasteiger partial charge in [0.05, 0.1) is 0 Å². The number of halogens is 1. The number of nitrogens with zero attached hydrogens (tertiary/aromatic N) is 2. The Bertz CT molecular complexity index is 817. The largest absolute Gasteiger partial charge is 0.337 e. The van der Waals surface area contributed by atoms with E-state index in [1.807, 2.05) is 11.0 Å². The van der Waals surface area contributed by atoms with Crippen LogP contribution >= 0.6 is 0 Å². The third-order valence-corrected chi connectivity index (χ3v) is 5.95. The Labute approximate surface area is 166 Å². The standard InChI is InChI=1S/C23H28FN3O/c24-21-9-3-5-18(15-21)17-26-11-13-27(14-12-26)23(28)25-16-20-8-4-7-19-6-1-2-10-22(19)20/h1-3,5-6,9-10,15,20H,4,7-8,11-14,16-17H2,(H,25,28). The van der Waals surface area contributed by atoms with Crippen molar-refractivity contribution in [2.75, 3.05) is 32.7 Å². The van der Waals surface area contributed by atoms with E-state index in [0.29, 0.717) is 25.6 Å². The molecule has 1 saturated heterocycles. The van der Waals surface area contributed by atoms with Crippen molar-refractivity contribution in [3.63, 3.8) is 0 Å². The minimum Gasteiger partial charge on any atom is -0.337 e. The van der Waals surface area contributed by atoms with E-state index in [9.17, 15) is 9.18 Å². The van der Waals surface area contributed by atoms with Crippen LogP contribution in [0.5, 0.6) is 0 Å². The fraction of sp³-hybridized carbons (Fsp3) is 0.435. The third kappa shape index (κ3) is 4.53. The first kappa shape index (κ1) is 18.9. The first-order valence-electron chi connectivity index (χ1n) is 10.3. The molecule has 0 aromatic heterocycles. The molecule has 1 atom stereocenters. The minimum absolute atomic E-state index is 0.0356. The predicted octanol–water partition coefficient (Wildman–Crippen LogP) is 3.77. The molecule has 1 aliphatic carbocycles. The highest BCUT2D eigenvalue weighted by Crippen LogP contribution is 2.30. The molecular formula is C23H28FN3O. The van der Waals surface area contributed by atoms with Crippen molar-refractivity contribution < 1.29 is 9.18 Å². The number of urea groups is 1. The fourth-order valence-corrected chi connectivity index (χ4v) is 4.39. The molecule has 1 aliphatic heterocycles. The van der Waals surface area contributed by atoms with E-state index in [4.69, 9.17) is 0 Å². The number of benzene rings is 2. The molecule has 2 aromatic rings. The average Bonchev–Trinajstić information content (AvgIpc) is 2.72. The smallest absolute Gasteiger partial charge is 0.317 e. The molecule has 28 heavy (non-hydrogen) atoms. The molecule has 2 aromatic carbocycles. The second kappa shape index (κ2) is 8.74.